The zero-order chi connectivity index (χ0) is 22.9. The number of piperazine rings is 1. The van der Waals surface area contributed by atoms with Gasteiger partial charge in [0.1, 0.15) is 11.5 Å². The minimum Gasteiger partial charge on any atom is -0.451 e. The Morgan fingerprint density at radius 2 is 1.78 bits per heavy atom. The number of ether oxygens (including phenoxy) is 1. The van der Waals surface area contributed by atoms with Crippen molar-refractivity contribution in [2.24, 2.45) is 0 Å². The highest BCUT2D eigenvalue weighted by Gasteiger charge is 2.30. The first kappa shape index (κ1) is 21.9. The van der Waals surface area contributed by atoms with Gasteiger partial charge in [0.15, 0.2) is 12.3 Å². The lowest BCUT2D eigenvalue weighted by molar-refractivity contribution is -0.135. The molecule has 0 bridgehead atoms. The van der Waals surface area contributed by atoms with E-state index >= 15 is 0 Å². The molecule has 1 fully saturated rings. The zero-order valence-electron chi connectivity index (χ0n) is 17.3. The number of aromatic nitrogens is 2. The molecule has 1 amide bonds. The average Bonchev–Trinajstić information content (AvgIpc) is 3.21. The van der Waals surface area contributed by atoms with E-state index in [0.717, 1.165) is 17.7 Å². The normalized spacial score (nSPS) is 15.1. The Kier molecular flexibility index (Phi) is 5.94. The highest BCUT2D eigenvalue weighted by molar-refractivity contribution is 7.89. The Morgan fingerprint density at radius 3 is 2.47 bits per heavy atom. The molecule has 11 heteroatoms. The molecule has 9 nitrogen and oxygen atoms in total. The van der Waals surface area contributed by atoms with Crippen molar-refractivity contribution in [3.8, 4) is 0 Å². The van der Waals surface area contributed by atoms with Crippen LogP contribution in [0.3, 0.4) is 0 Å². The first-order valence-corrected chi connectivity index (χ1v) is 11.3. The summed E-state index contributed by atoms with van der Waals surface area (Å²) in [4.78, 5) is 30.3. The number of esters is 1. The van der Waals surface area contributed by atoms with Crippen LogP contribution in [0.4, 0.5) is 4.39 Å². The third-order valence-corrected chi connectivity index (χ3v) is 7.11. The largest absolute Gasteiger partial charge is 0.451 e. The number of hydrogen-bond donors (Lipinski definition) is 0. The number of nitrogens with zero attached hydrogens (tertiary/aromatic N) is 4. The van der Waals surface area contributed by atoms with Gasteiger partial charge in [0, 0.05) is 38.6 Å². The third-order valence-electron chi connectivity index (χ3n) is 5.19. The summed E-state index contributed by atoms with van der Waals surface area (Å²) in [6.45, 7) is 1.94. The minimum absolute atomic E-state index is 0.00439. The highest BCUT2D eigenvalue weighted by atomic mass is 32.2. The van der Waals surface area contributed by atoms with Gasteiger partial charge in [-0.3, -0.25) is 4.79 Å². The summed E-state index contributed by atoms with van der Waals surface area (Å²) >= 11 is 0. The number of aryl methyl sites for hydroxylation is 1. The van der Waals surface area contributed by atoms with Crippen molar-refractivity contribution < 1.29 is 27.1 Å². The van der Waals surface area contributed by atoms with E-state index in [9.17, 15) is 22.4 Å². The zero-order valence-corrected chi connectivity index (χ0v) is 18.1. The number of halogens is 1. The van der Waals surface area contributed by atoms with Crippen LogP contribution in [0.1, 0.15) is 16.1 Å². The van der Waals surface area contributed by atoms with E-state index in [-0.39, 0.29) is 36.8 Å². The number of pyridine rings is 1. The van der Waals surface area contributed by atoms with Gasteiger partial charge in [-0.05, 0) is 48.9 Å². The maximum atomic E-state index is 13.1. The molecule has 0 unspecified atom stereocenters. The molecule has 0 N–H and O–H groups in total. The van der Waals surface area contributed by atoms with Gasteiger partial charge in [-0.2, -0.15) is 4.31 Å². The van der Waals surface area contributed by atoms with Crippen LogP contribution < -0.4 is 0 Å². The summed E-state index contributed by atoms with van der Waals surface area (Å²) in [6.07, 6.45) is 3.31. The Hall–Kier alpha value is -3.31. The molecule has 0 saturated carbocycles. The van der Waals surface area contributed by atoms with Crippen LogP contribution in [0, 0.1) is 12.7 Å². The third kappa shape index (κ3) is 4.48. The van der Waals surface area contributed by atoms with Gasteiger partial charge in [-0.25, -0.2) is 22.6 Å². The van der Waals surface area contributed by atoms with Crippen molar-refractivity contribution in [1.82, 2.24) is 18.6 Å². The van der Waals surface area contributed by atoms with Crippen LogP contribution in [0.25, 0.3) is 5.65 Å². The second-order valence-electron chi connectivity index (χ2n) is 7.41. The molecule has 0 radical (unpaired) electrons. The van der Waals surface area contributed by atoms with Crippen LogP contribution in [0.15, 0.2) is 53.7 Å². The lowest BCUT2D eigenvalue weighted by atomic mass is 10.3. The van der Waals surface area contributed by atoms with Gasteiger partial charge in [0.2, 0.25) is 10.0 Å². The van der Waals surface area contributed by atoms with Crippen molar-refractivity contribution >= 4 is 27.5 Å². The number of carbonyl (C=O) groups excluding carboxylic acids is 2. The smallest absolute Gasteiger partial charge is 0.359 e. The quantitative estimate of drug-likeness (QED) is 0.535. The maximum Gasteiger partial charge on any atom is 0.359 e. The predicted octanol–water partition coefficient (Wildman–Crippen LogP) is 1.47. The van der Waals surface area contributed by atoms with Gasteiger partial charge < -0.3 is 14.0 Å². The molecule has 1 aromatic carbocycles. The maximum absolute atomic E-state index is 13.1. The fourth-order valence-electron chi connectivity index (χ4n) is 3.41. The molecule has 0 atom stereocenters. The number of rotatable bonds is 5. The van der Waals surface area contributed by atoms with E-state index in [4.69, 9.17) is 4.74 Å². The lowest BCUT2D eigenvalue weighted by Gasteiger charge is -2.33. The van der Waals surface area contributed by atoms with Crippen molar-refractivity contribution in [2.45, 2.75) is 11.8 Å². The Labute approximate surface area is 184 Å². The van der Waals surface area contributed by atoms with Crippen LogP contribution in [-0.2, 0) is 19.6 Å². The minimum atomic E-state index is -3.77. The van der Waals surface area contributed by atoms with Crippen LogP contribution in [0.2, 0.25) is 0 Å². The molecule has 32 heavy (non-hydrogen) atoms. The number of carbonyl (C=O) groups is 2. The molecular weight excluding hydrogens is 439 g/mol. The van der Waals surface area contributed by atoms with E-state index in [1.54, 1.807) is 10.6 Å². The predicted molar refractivity (Wildman–Crippen MR) is 112 cm³/mol. The van der Waals surface area contributed by atoms with Gasteiger partial charge >= 0.3 is 5.97 Å². The lowest BCUT2D eigenvalue weighted by Crippen LogP contribution is -2.51. The molecule has 0 aliphatic carbocycles. The van der Waals surface area contributed by atoms with Gasteiger partial charge in [-0.1, -0.05) is 0 Å². The number of hydrogen-bond acceptors (Lipinski definition) is 6. The van der Waals surface area contributed by atoms with Crippen molar-refractivity contribution in [3.63, 3.8) is 0 Å². The SMILES string of the molecule is Cc1ccn2cc(C(=O)OCC(=O)N3CCN(S(=O)(=O)c4ccc(F)cc4)CC3)nc2c1. The number of amides is 1. The first-order valence-electron chi connectivity index (χ1n) is 9.90. The van der Waals surface area contributed by atoms with E-state index in [1.807, 2.05) is 19.1 Å². The number of sulfonamides is 1. The average molecular weight is 460 g/mol. The highest BCUT2D eigenvalue weighted by Crippen LogP contribution is 2.18. The Bertz CT molecular complexity index is 1270. The molecule has 4 rings (SSSR count). The summed E-state index contributed by atoms with van der Waals surface area (Å²) in [5.74, 6) is -1.65. The second kappa shape index (κ2) is 8.67. The number of imidazole rings is 1. The molecular formula is C21H21FN4O5S. The van der Waals surface area contributed by atoms with E-state index in [1.165, 1.54) is 27.5 Å². The molecule has 1 saturated heterocycles. The van der Waals surface area contributed by atoms with Crippen LogP contribution in [0.5, 0.6) is 0 Å². The van der Waals surface area contributed by atoms with E-state index < -0.39 is 34.3 Å². The van der Waals surface area contributed by atoms with Crippen molar-refractivity contribution in [2.75, 3.05) is 32.8 Å². The summed E-state index contributed by atoms with van der Waals surface area (Å²) < 4.78 is 46.4. The topological polar surface area (TPSA) is 101 Å². The standard InChI is InChI=1S/C21H21FN4O5S/c1-15-6-7-25-13-18(23-19(25)12-15)21(28)31-14-20(27)24-8-10-26(11-9-24)32(29,30)17-4-2-16(22)3-5-17/h2-7,12-13H,8-11,14H2,1H3. The van der Waals surface area contributed by atoms with Crippen LogP contribution >= 0.6 is 0 Å². The Balaban J connectivity index is 1.31. The second-order valence-corrected chi connectivity index (χ2v) is 9.35. The van der Waals surface area contributed by atoms with Gasteiger partial charge in [-0.15, -0.1) is 0 Å². The summed E-state index contributed by atoms with van der Waals surface area (Å²) in [5.41, 5.74) is 1.69. The van der Waals surface area contributed by atoms with Crippen molar-refractivity contribution in [1.29, 1.82) is 0 Å². The van der Waals surface area contributed by atoms with E-state index in [2.05, 4.69) is 4.98 Å². The van der Waals surface area contributed by atoms with Crippen LogP contribution in [-0.4, -0.2) is 71.7 Å². The number of fused-ring (bicyclic) bond motifs is 1. The first-order chi connectivity index (χ1) is 15.2. The van der Waals surface area contributed by atoms with Gasteiger partial charge in [0.05, 0.1) is 4.90 Å². The fourth-order valence-corrected chi connectivity index (χ4v) is 4.83. The van der Waals surface area contributed by atoms with Crippen molar-refractivity contribution in [3.05, 3.63) is 65.9 Å². The monoisotopic (exact) mass is 460 g/mol. The molecule has 0 spiro atoms. The molecule has 3 aromatic rings. The summed E-state index contributed by atoms with van der Waals surface area (Å²) in [6, 6.07) is 8.30. The van der Waals surface area contributed by atoms with E-state index in [0.29, 0.717) is 5.65 Å². The molecule has 3 heterocycles. The summed E-state index contributed by atoms with van der Waals surface area (Å²) in [5, 5.41) is 0. The number of benzene rings is 1. The summed E-state index contributed by atoms with van der Waals surface area (Å²) in [7, 11) is -3.77. The molecule has 1 aliphatic heterocycles. The van der Waals surface area contributed by atoms with Gasteiger partial charge in [0.25, 0.3) is 5.91 Å². The molecule has 1 aliphatic rings. The Morgan fingerprint density at radius 1 is 1.09 bits per heavy atom. The molecule has 168 valence electrons. The molecule has 2 aromatic heterocycles. The fraction of sp³-hybridized carbons (Fsp3) is 0.286.